The zero-order valence-electron chi connectivity index (χ0n) is 13.7. The van der Waals surface area contributed by atoms with Crippen LogP contribution in [0.25, 0.3) is 0 Å². The summed E-state index contributed by atoms with van der Waals surface area (Å²) in [6.45, 7) is 2.06. The van der Waals surface area contributed by atoms with Crippen LogP contribution < -0.4 is 0 Å². The van der Waals surface area contributed by atoms with Gasteiger partial charge in [0, 0.05) is 12.8 Å². The molecule has 1 unspecified atom stereocenters. The predicted octanol–water partition coefficient (Wildman–Crippen LogP) is 4.04. The molecule has 0 radical (unpaired) electrons. The predicted molar refractivity (Wildman–Crippen MR) is 83.9 cm³/mol. The lowest BCUT2D eigenvalue weighted by atomic mass is 10.0. The van der Waals surface area contributed by atoms with Crippen molar-refractivity contribution in [2.24, 2.45) is 5.92 Å². The Kier molecular flexibility index (Phi) is 12.8. The second-order valence-electron chi connectivity index (χ2n) is 5.48. The first kappa shape index (κ1) is 19.7. The van der Waals surface area contributed by atoms with E-state index in [1.54, 1.807) is 0 Å². The van der Waals surface area contributed by atoms with Gasteiger partial charge in [0.1, 0.15) is 0 Å². The minimum absolute atomic E-state index is 0.112. The maximum atomic E-state index is 11.1. The summed E-state index contributed by atoms with van der Waals surface area (Å²) in [7, 11) is 2.86. The van der Waals surface area contributed by atoms with Gasteiger partial charge in [-0.1, -0.05) is 38.3 Å². The molecule has 0 aromatic heterocycles. The van der Waals surface area contributed by atoms with Gasteiger partial charge in [-0.15, -0.1) is 0 Å². The minimum atomic E-state index is -0.136. The number of methoxy groups -OCH3 is 2. The molecule has 0 aromatic carbocycles. The number of carbonyl (C=O) groups excluding carboxylic acids is 2. The molecule has 0 saturated carbocycles. The second kappa shape index (κ2) is 13.7. The SMILES string of the molecule is COC(=O)CCCCCCC/C=C/CC(C)CC(=O)OC. The molecule has 0 aliphatic heterocycles. The molecule has 21 heavy (non-hydrogen) atoms. The molecule has 0 bridgehead atoms. The van der Waals surface area contributed by atoms with Crippen molar-refractivity contribution in [3.05, 3.63) is 12.2 Å². The topological polar surface area (TPSA) is 52.6 Å². The summed E-state index contributed by atoms with van der Waals surface area (Å²) in [5.41, 5.74) is 0. The Labute approximate surface area is 128 Å². The van der Waals surface area contributed by atoms with Crippen LogP contribution in [0.3, 0.4) is 0 Å². The maximum absolute atomic E-state index is 11.1. The highest BCUT2D eigenvalue weighted by atomic mass is 16.5. The summed E-state index contributed by atoms with van der Waals surface area (Å²) in [4.78, 5) is 22.0. The van der Waals surface area contributed by atoms with Crippen molar-refractivity contribution in [2.75, 3.05) is 14.2 Å². The molecule has 0 N–H and O–H groups in total. The summed E-state index contributed by atoms with van der Waals surface area (Å²) in [6, 6.07) is 0. The van der Waals surface area contributed by atoms with Gasteiger partial charge >= 0.3 is 11.9 Å². The largest absolute Gasteiger partial charge is 0.469 e. The number of unbranched alkanes of at least 4 members (excludes halogenated alkanes) is 5. The lowest BCUT2D eigenvalue weighted by Crippen LogP contribution is -2.06. The molecular formula is C17H30O4. The molecule has 0 fully saturated rings. The Morgan fingerprint density at radius 2 is 1.52 bits per heavy atom. The Morgan fingerprint density at radius 1 is 0.905 bits per heavy atom. The summed E-state index contributed by atoms with van der Waals surface area (Å²) < 4.78 is 9.24. The number of allylic oxidation sites excluding steroid dienone is 2. The lowest BCUT2D eigenvalue weighted by Gasteiger charge is -2.06. The van der Waals surface area contributed by atoms with Crippen molar-refractivity contribution in [2.45, 2.75) is 64.7 Å². The van der Waals surface area contributed by atoms with Gasteiger partial charge < -0.3 is 9.47 Å². The van der Waals surface area contributed by atoms with Gasteiger partial charge in [-0.05, 0) is 31.6 Å². The first-order valence-corrected chi connectivity index (χ1v) is 7.88. The van der Waals surface area contributed by atoms with E-state index in [-0.39, 0.29) is 11.9 Å². The molecule has 4 heteroatoms. The highest BCUT2D eigenvalue weighted by Crippen LogP contribution is 2.11. The molecule has 0 spiro atoms. The maximum Gasteiger partial charge on any atom is 0.305 e. The minimum Gasteiger partial charge on any atom is -0.469 e. The highest BCUT2D eigenvalue weighted by molar-refractivity contribution is 5.69. The van der Waals surface area contributed by atoms with Gasteiger partial charge in [0.25, 0.3) is 0 Å². The van der Waals surface area contributed by atoms with Crippen molar-refractivity contribution >= 4 is 11.9 Å². The highest BCUT2D eigenvalue weighted by Gasteiger charge is 2.06. The molecule has 0 aliphatic carbocycles. The van der Waals surface area contributed by atoms with Crippen LogP contribution in [0, 0.1) is 5.92 Å². The molecule has 1 atom stereocenters. The molecule has 0 aromatic rings. The van der Waals surface area contributed by atoms with Crippen LogP contribution in [0.1, 0.15) is 64.7 Å². The zero-order chi connectivity index (χ0) is 15.9. The van der Waals surface area contributed by atoms with E-state index in [1.807, 2.05) is 0 Å². The van der Waals surface area contributed by atoms with Gasteiger partial charge in [-0.2, -0.15) is 0 Å². The lowest BCUT2D eigenvalue weighted by molar-refractivity contribution is -0.142. The molecule has 4 nitrogen and oxygen atoms in total. The van der Waals surface area contributed by atoms with E-state index in [0.29, 0.717) is 18.8 Å². The van der Waals surface area contributed by atoms with Crippen LogP contribution >= 0.6 is 0 Å². The van der Waals surface area contributed by atoms with E-state index in [9.17, 15) is 9.59 Å². The van der Waals surface area contributed by atoms with Crippen LogP contribution in [0.2, 0.25) is 0 Å². The summed E-state index contributed by atoms with van der Waals surface area (Å²) in [5.74, 6) is 0.0916. The van der Waals surface area contributed by atoms with Crippen LogP contribution in [0.15, 0.2) is 12.2 Å². The molecular weight excluding hydrogens is 268 g/mol. The third kappa shape index (κ3) is 13.4. The summed E-state index contributed by atoms with van der Waals surface area (Å²) in [5, 5.41) is 0. The first-order chi connectivity index (χ1) is 10.1. The van der Waals surface area contributed by atoms with Crippen molar-refractivity contribution in [1.82, 2.24) is 0 Å². The van der Waals surface area contributed by atoms with Gasteiger partial charge in [0.15, 0.2) is 0 Å². The monoisotopic (exact) mass is 298 g/mol. The molecule has 0 heterocycles. The number of ether oxygens (including phenoxy) is 2. The van der Waals surface area contributed by atoms with Gasteiger partial charge in [0.05, 0.1) is 14.2 Å². The smallest absolute Gasteiger partial charge is 0.305 e. The number of rotatable bonds is 12. The molecule has 0 aliphatic rings. The van der Waals surface area contributed by atoms with Gasteiger partial charge in [0.2, 0.25) is 0 Å². The van der Waals surface area contributed by atoms with Crippen LogP contribution in [-0.2, 0) is 19.1 Å². The van der Waals surface area contributed by atoms with Crippen LogP contribution in [0.5, 0.6) is 0 Å². The number of hydrogen-bond acceptors (Lipinski definition) is 4. The second-order valence-corrected chi connectivity index (χ2v) is 5.48. The van der Waals surface area contributed by atoms with Gasteiger partial charge in [-0.3, -0.25) is 9.59 Å². The standard InChI is InChI=1S/C17H30O4/c1-15(14-17(19)21-3)12-10-8-6-4-5-7-9-11-13-16(18)20-2/h8,10,15H,4-7,9,11-14H2,1-3H3/b10-8+. The van der Waals surface area contributed by atoms with E-state index in [1.165, 1.54) is 33.5 Å². The van der Waals surface area contributed by atoms with Crippen molar-refractivity contribution in [3.63, 3.8) is 0 Å². The summed E-state index contributed by atoms with van der Waals surface area (Å²) >= 11 is 0. The van der Waals surface area contributed by atoms with E-state index in [2.05, 4.69) is 28.5 Å². The molecule has 0 amide bonds. The van der Waals surface area contributed by atoms with Crippen LogP contribution in [-0.4, -0.2) is 26.2 Å². The van der Waals surface area contributed by atoms with Crippen molar-refractivity contribution in [1.29, 1.82) is 0 Å². The van der Waals surface area contributed by atoms with E-state index in [0.717, 1.165) is 25.7 Å². The summed E-state index contributed by atoms with van der Waals surface area (Å²) in [6.07, 6.45) is 13.0. The third-order valence-corrected chi connectivity index (χ3v) is 3.43. The normalized spacial score (nSPS) is 12.3. The fraction of sp³-hybridized carbons (Fsp3) is 0.765. The Morgan fingerprint density at radius 3 is 2.19 bits per heavy atom. The number of esters is 2. The quantitative estimate of drug-likeness (QED) is 0.310. The average Bonchev–Trinajstić information content (AvgIpc) is 2.48. The Balaban J connectivity index is 3.36. The molecule has 0 rings (SSSR count). The van der Waals surface area contributed by atoms with Crippen LogP contribution in [0.4, 0.5) is 0 Å². The van der Waals surface area contributed by atoms with E-state index < -0.39 is 0 Å². The first-order valence-electron chi connectivity index (χ1n) is 7.88. The average molecular weight is 298 g/mol. The third-order valence-electron chi connectivity index (χ3n) is 3.43. The van der Waals surface area contributed by atoms with E-state index >= 15 is 0 Å². The Hall–Kier alpha value is -1.32. The van der Waals surface area contributed by atoms with Crippen molar-refractivity contribution < 1.29 is 19.1 Å². The fourth-order valence-electron chi connectivity index (χ4n) is 2.06. The fourth-order valence-corrected chi connectivity index (χ4v) is 2.06. The molecule has 0 saturated heterocycles. The van der Waals surface area contributed by atoms with Gasteiger partial charge in [-0.25, -0.2) is 0 Å². The van der Waals surface area contributed by atoms with E-state index in [4.69, 9.17) is 0 Å². The molecule has 122 valence electrons. The van der Waals surface area contributed by atoms with Crippen molar-refractivity contribution in [3.8, 4) is 0 Å². The number of carbonyl (C=O) groups is 2. The number of hydrogen-bond donors (Lipinski definition) is 0. The zero-order valence-corrected chi connectivity index (χ0v) is 13.7. The Bertz CT molecular complexity index is 310.